The number of amides is 1. The molecule has 128 valence electrons. The van der Waals surface area contributed by atoms with Crippen molar-refractivity contribution in [3.8, 4) is 5.75 Å². The molecule has 0 radical (unpaired) electrons. The number of methoxy groups -OCH3 is 1. The van der Waals surface area contributed by atoms with Crippen molar-refractivity contribution in [3.63, 3.8) is 0 Å². The number of aromatic nitrogens is 4. The lowest BCUT2D eigenvalue weighted by Crippen LogP contribution is -2.33. The summed E-state index contributed by atoms with van der Waals surface area (Å²) in [5.74, 6) is 1.66. The van der Waals surface area contributed by atoms with Gasteiger partial charge in [-0.05, 0) is 59.7 Å². The topological polar surface area (TPSA) is 81.9 Å². The normalized spacial score (nSPS) is 20.5. The van der Waals surface area contributed by atoms with Crippen LogP contribution in [0.3, 0.4) is 0 Å². The highest BCUT2D eigenvalue weighted by atomic mass is 16.5. The fourth-order valence-corrected chi connectivity index (χ4v) is 3.21. The van der Waals surface area contributed by atoms with Crippen LogP contribution in [0.2, 0.25) is 0 Å². The summed E-state index contributed by atoms with van der Waals surface area (Å²) >= 11 is 0. The Bertz CT molecular complexity index is 634. The minimum absolute atomic E-state index is 0.119. The summed E-state index contributed by atoms with van der Waals surface area (Å²) in [6.07, 6.45) is 5.59. The number of carbonyl (C=O) groups is 1. The van der Waals surface area contributed by atoms with Gasteiger partial charge in [-0.1, -0.05) is 12.1 Å². The van der Waals surface area contributed by atoms with E-state index in [1.54, 1.807) is 18.1 Å². The molecule has 1 aromatic carbocycles. The molecular weight excluding hydrogens is 306 g/mol. The summed E-state index contributed by atoms with van der Waals surface area (Å²) < 4.78 is 6.91. The first-order valence-electron chi connectivity index (χ1n) is 8.36. The van der Waals surface area contributed by atoms with Crippen LogP contribution in [0.25, 0.3) is 0 Å². The van der Waals surface area contributed by atoms with E-state index in [1.165, 1.54) is 0 Å². The molecule has 2 aromatic rings. The fourth-order valence-electron chi connectivity index (χ4n) is 3.21. The lowest BCUT2D eigenvalue weighted by Gasteiger charge is -2.27. The molecule has 1 heterocycles. The zero-order valence-corrected chi connectivity index (χ0v) is 13.9. The second kappa shape index (κ2) is 7.90. The molecule has 1 N–H and O–H groups in total. The number of carbonyl (C=O) groups excluding carboxylic acids is 1. The smallest absolute Gasteiger partial charge is 0.223 e. The molecule has 0 atom stereocenters. The second-order valence-corrected chi connectivity index (χ2v) is 6.32. The minimum Gasteiger partial charge on any atom is -0.497 e. The summed E-state index contributed by atoms with van der Waals surface area (Å²) in [7, 11) is 1.65. The molecular formula is C17H23N5O2. The van der Waals surface area contributed by atoms with Gasteiger partial charge in [0.25, 0.3) is 0 Å². The van der Waals surface area contributed by atoms with Crippen LogP contribution < -0.4 is 10.1 Å². The molecule has 0 unspecified atom stereocenters. The molecule has 7 heteroatoms. The monoisotopic (exact) mass is 329 g/mol. The quantitative estimate of drug-likeness (QED) is 0.874. The Balaban J connectivity index is 1.41. The van der Waals surface area contributed by atoms with Crippen molar-refractivity contribution < 1.29 is 9.53 Å². The van der Waals surface area contributed by atoms with Gasteiger partial charge in [0.05, 0.1) is 7.11 Å². The van der Waals surface area contributed by atoms with Gasteiger partial charge in [0.15, 0.2) is 0 Å². The molecule has 0 aliphatic heterocycles. The molecule has 1 saturated carbocycles. The summed E-state index contributed by atoms with van der Waals surface area (Å²) in [4.78, 5) is 12.3. The Morgan fingerprint density at radius 1 is 1.25 bits per heavy atom. The first-order chi connectivity index (χ1) is 11.7. The predicted octanol–water partition coefficient (Wildman–Crippen LogP) is 1.80. The number of rotatable bonds is 6. The largest absolute Gasteiger partial charge is 0.497 e. The number of nitrogens with zero attached hydrogens (tertiary/aromatic N) is 4. The summed E-state index contributed by atoms with van der Waals surface area (Å²) in [5.41, 5.74) is 1.08. The van der Waals surface area contributed by atoms with E-state index in [0.29, 0.717) is 12.5 Å². The number of hydrogen-bond acceptors (Lipinski definition) is 5. The Hall–Kier alpha value is -2.44. The van der Waals surface area contributed by atoms with E-state index in [1.807, 2.05) is 24.3 Å². The average Bonchev–Trinajstić information content (AvgIpc) is 3.14. The number of ether oxygens (including phenoxy) is 1. The number of tetrazole rings is 1. The van der Waals surface area contributed by atoms with Crippen molar-refractivity contribution in [1.29, 1.82) is 0 Å². The zero-order chi connectivity index (χ0) is 16.8. The maximum atomic E-state index is 12.3. The highest BCUT2D eigenvalue weighted by molar-refractivity contribution is 5.78. The van der Waals surface area contributed by atoms with Gasteiger partial charge in [-0.25, -0.2) is 4.68 Å². The van der Waals surface area contributed by atoms with Crippen LogP contribution in [-0.4, -0.2) is 33.2 Å². The van der Waals surface area contributed by atoms with Gasteiger partial charge in [0, 0.05) is 19.0 Å². The highest BCUT2D eigenvalue weighted by Gasteiger charge is 2.26. The van der Waals surface area contributed by atoms with E-state index >= 15 is 0 Å². The average molecular weight is 329 g/mol. The maximum absolute atomic E-state index is 12.3. The van der Waals surface area contributed by atoms with Crippen LogP contribution in [0.4, 0.5) is 0 Å². The minimum atomic E-state index is 0.119. The van der Waals surface area contributed by atoms with Crippen molar-refractivity contribution in [2.45, 2.75) is 38.8 Å². The number of hydrogen-bond donors (Lipinski definition) is 1. The van der Waals surface area contributed by atoms with E-state index in [0.717, 1.165) is 43.5 Å². The third-order valence-corrected chi connectivity index (χ3v) is 4.68. The molecule has 1 aliphatic rings. The van der Waals surface area contributed by atoms with Gasteiger partial charge >= 0.3 is 0 Å². The van der Waals surface area contributed by atoms with Crippen LogP contribution in [0.5, 0.6) is 5.75 Å². The van der Waals surface area contributed by atoms with Crippen molar-refractivity contribution in [2.75, 3.05) is 7.11 Å². The molecule has 0 bridgehead atoms. The zero-order valence-electron chi connectivity index (χ0n) is 13.9. The van der Waals surface area contributed by atoms with E-state index in [2.05, 4.69) is 20.8 Å². The number of benzene rings is 1. The molecule has 1 amide bonds. The lowest BCUT2D eigenvalue weighted by molar-refractivity contribution is -0.126. The van der Waals surface area contributed by atoms with Crippen LogP contribution in [-0.2, 0) is 17.9 Å². The summed E-state index contributed by atoms with van der Waals surface area (Å²) in [6, 6.07) is 7.77. The Morgan fingerprint density at radius 2 is 2.00 bits per heavy atom. The Morgan fingerprint density at radius 3 is 2.62 bits per heavy atom. The van der Waals surface area contributed by atoms with E-state index in [9.17, 15) is 4.79 Å². The molecule has 1 aromatic heterocycles. The van der Waals surface area contributed by atoms with Crippen LogP contribution in [0.15, 0.2) is 30.6 Å². The van der Waals surface area contributed by atoms with Crippen molar-refractivity contribution in [1.82, 2.24) is 25.5 Å². The first kappa shape index (κ1) is 16.4. The highest BCUT2D eigenvalue weighted by Crippen LogP contribution is 2.29. The molecule has 1 aliphatic carbocycles. The fraction of sp³-hybridized carbons (Fsp3) is 0.529. The van der Waals surface area contributed by atoms with Crippen LogP contribution >= 0.6 is 0 Å². The van der Waals surface area contributed by atoms with E-state index in [4.69, 9.17) is 4.74 Å². The maximum Gasteiger partial charge on any atom is 0.223 e. The van der Waals surface area contributed by atoms with Gasteiger partial charge in [-0.3, -0.25) is 4.79 Å². The Kier molecular flexibility index (Phi) is 5.40. The second-order valence-electron chi connectivity index (χ2n) is 6.32. The summed E-state index contributed by atoms with van der Waals surface area (Å²) in [6.45, 7) is 1.40. The standard InChI is InChI=1S/C17H23N5O2/c1-24-16-8-4-13(5-9-16)10-18-17(23)15-6-2-14(3-7-15)11-22-12-19-20-21-22/h4-5,8-9,12,14-15H,2-3,6-7,10-11H2,1H3,(H,18,23). The molecule has 24 heavy (non-hydrogen) atoms. The lowest BCUT2D eigenvalue weighted by atomic mass is 9.81. The van der Waals surface area contributed by atoms with Gasteiger partial charge in [-0.15, -0.1) is 5.10 Å². The SMILES string of the molecule is COc1ccc(CNC(=O)C2CCC(Cn3cnnn3)CC2)cc1. The molecule has 3 rings (SSSR count). The van der Waals surface area contributed by atoms with Crippen LogP contribution in [0, 0.1) is 11.8 Å². The van der Waals surface area contributed by atoms with E-state index < -0.39 is 0 Å². The number of nitrogens with one attached hydrogen (secondary N) is 1. The van der Waals surface area contributed by atoms with Crippen molar-refractivity contribution in [3.05, 3.63) is 36.2 Å². The van der Waals surface area contributed by atoms with Gasteiger partial charge in [0.2, 0.25) is 5.91 Å². The Labute approximate surface area is 141 Å². The molecule has 0 spiro atoms. The first-order valence-corrected chi connectivity index (χ1v) is 8.36. The van der Waals surface area contributed by atoms with Gasteiger partial charge in [0.1, 0.15) is 12.1 Å². The van der Waals surface area contributed by atoms with Crippen LogP contribution in [0.1, 0.15) is 31.2 Å². The van der Waals surface area contributed by atoms with Crippen molar-refractivity contribution >= 4 is 5.91 Å². The van der Waals surface area contributed by atoms with Gasteiger partial charge in [-0.2, -0.15) is 0 Å². The van der Waals surface area contributed by atoms with Crippen molar-refractivity contribution in [2.24, 2.45) is 11.8 Å². The molecule has 1 fully saturated rings. The third kappa shape index (κ3) is 4.31. The van der Waals surface area contributed by atoms with Gasteiger partial charge < -0.3 is 10.1 Å². The predicted molar refractivity (Wildman–Crippen MR) is 88.1 cm³/mol. The van der Waals surface area contributed by atoms with E-state index in [-0.39, 0.29) is 11.8 Å². The third-order valence-electron chi connectivity index (χ3n) is 4.68. The summed E-state index contributed by atoms with van der Waals surface area (Å²) in [5, 5.41) is 14.3. The molecule has 0 saturated heterocycles. The molecule has 7 nitrogen and oxygen atoms in total.